The van der Waals surface area contributed by atoms with E-state index in [9.17, 15) is 19.5 Å². The molecule has 2 bridgehead atoms. The van der Waals surface area contributed by atoms with Crippen molar-refractivity contribution >= 4 is 23.5 Å². The van der Waals surface area contributed by atoms with E-state index in [0.717, 1.165) is 22.3 Å². The second-order valence-corrected chi connectivity index (χ2v) is 8.76. The Morgan fingerprint density at radius 2 is 1.45 bits per heavy atom. The first kappa shape index (κ1) is 18.1. The molecule has 3 aromatic rings. The van der Waals surface area contributed by atoms with Crippen LogP contribution in [0.15, 0.2) is 72.8 Å². The molecule has 0 saturated carbocycles. The zero-order chi connectivity index (χ0) is 21.5. The van der Waals surface area contributed by atoms with E-state index in [0.29, 0.717) is 5.69 Å². The van der Waals surface area contributed by atoms with Gasteiger partial charge in [-0.05, 0) is 47.4 Å². The molecule has 0 spiro atoms. The zero-order valence-corrected chi connectivity index (χ0v) is 16.8. The SMILES string of the molecule is C[C@@]12C(=O)N(c3cccc(C(=O)O)c3)C(=O)[C@H]1C1c3ccccc3C2c2ccccc21. The number of carbonyl (C=O) groups excluding carboxylic acids is 2. The first-order valence-corrected chi connectivity index (χ1v) is 10.3. The van der Waals surface area contributed by atoms with Crippen molar-refractivity contribution in [3.8, 4) is 0 Å². The second kappa shape index (κ2) is 5.91. The predicted molar refractivity (Wildman–Crippen MR) is 114 cm³/mol. The van der Waals surface area contributed by atoms with E-state index < -0.39 is 17.3 Å². The Morgan fingerprint density at radius 1 is 0.871 bits per heavy atom. The fraction of sp³-hybridized carbons (Fsp3) is 0.192. The first-order chi connectivity index (χ1) is 14.9. The van der Waals surface area contributed by atoms with Gasteiger partial charge in [-0.2, -0.15) is 0 Å². The smallest absolute Gasteiger partial charge is 0.335 e. The van der Waals surface area contributed by atoms with Gasteiger partial charge in [0.1, 0.15) is 0 Å². The highest BCUT2D eigenvalue weighted by molar-refractivity contribution is 6.25. The summed E-state index contributed by atoms with van der Waals surface area (Å²) in [5, 5.41) is 9.38. The minimum absolute atomic E-state index is 0.0488. The van der Waals surface area contributed by atoms with Gasteiger partial charge in [0.2, 0.25) is 11.8 Å². The summed E-state index contributed by atoms with van der Waals surface area (Å²) in [5.41, 5.74) is 3.86. The van der Waals surface area contributed by atoms with Crippen LogP contribution < -0.4 is 4.90 Å². The molecular weight excluding hydrogens is 390 g/mol. The largest absolute Gasteiger partial charge is 0.478 e. The minimum atomic E-state index is -1.09. The monoisotopic (exact) mass is 409 g/mol. The van der Waals surface area contributed by atoms with Crippen LogP contribution in [0.2, 0.25) is 0 Å². The molecule has 1 saturated heterocycles. The van der Waals surface area contributed by atoms with Crippen LogP contribution in [-0.4, -0.2) is 22.9 Å². The molecule has 5 nitrogen and oxygen atoms in total. The van der Waals surface area contributed by atoms with Gasteiger partial charge in [0.25, 0.3) is 0 Å². The van der Waals surface area contributed by atoms with Crippen LogP contribution >= 0.6 is 0 Å². The number of carbonyl (C=O) groups is 3. The summed E-state index contributed by atoms with van der Waals surface area (Å²) in [7, 11) is 0. The number of hydrogen-bond donors (Lipinski definition) is 1. The second-order valence-electron chi connectivity index (χ2n) is 8.76. The number of imide groups is 1. The number of carboxylic acids is 1. The average Bonchev–Trinajstić information content (AvgIpc) is 2.99. The summed E-state index contributed by atoms with van der Waals surface area (Å²) in [5.74, 6) is -2.56. The summed E-state index contributed by atoms with van der Waals surface area (Å²) in [6.07, 6.45) is 0. The third-order valence-corrected chi connectivity index (χ3v) is 7.36. The molecule has 1 fully saturated rings. The zero-order valence-electron chi connectivity index (χ0n) is 16.8. The van der Waals surface area contributed by atoms with Crippen LogP contribution in [0.5, 0.6) is 0 Å². The molecule has 2 atom stereocenters. The highest BCUT2D eigenvalue weighted by atomic mass is 16.4. The van der Waals surface area contributed by atoms with E-state index in [-0.39, 0.29) is 29.2 Å². The number of aromatic carboxylic acids is 1. The molecule has 2 amide bonds. The van der Waals surface area contributed by atoms with Gasteiger partial charge in [0.05, 0.1) is 22.6 Å². The minimum Gasteiger partial charge on any atom is -0.478 e. The maximum Gasteiger partial charge on any atom is 0.335 e. The van der Waals surface area contributed by atoms with Gasteiger partial charge in [-0.1, -0.05) is 54.6 Å². The van der Waals surface area contributed by atoms with Crippen LogP contribution in [0.3, 0.4) is 0 Å². The topological polar surface area (TPSA) is 74.7 Å². The molecule has 7 rings (SSSR count). The maximum atomic E-state index is 13.9. The third kappa shape index (κ3) is 2.08. The van der Waals surface area contributed by atoms with Crippen LogP contribution in [0.4, 0.5) is 5.69 Å². The molecule has 3 aromatic carbocycles. The van der Waals surface area contributed by atoms with Crippen molar-refractivity contribution in [1.29, 1.82) is 0 Å². The fourth-order valence-electron chi connectivity index (χ4n) is 6.14. The first-order valence-electron chi connectivity index (χ1n) is 10.3. The number of rotatable bonds is 2. The highest BCUT2D eigenvalue weighted by Crippen LogP contribution is 2.67. The van der Waals surface area contributed by atoms with Gasteiger partial charge in [-0.25, -0.2) is 9.69 Å². The lowest BCUT2D eigenvalue weighted by atomic mass is 9.48. The van der Waals surface area contributed by atoms with Crippen molar-refractivity contribution in [2.24, 2.45) is 11.3 Å². The van der Waals surface area contributed by atoms with Gasteiger partial charge < -0.3 is 5.11 Å². The summed E-state index contributed by atoms with van der Waals surface area (Å²) in [4.78, 5) is 40.4. The fourth-order valence-corrected chi connectivity index (χ4v) is 6.14. The van der Waals surface area contributed by atoms with Crippen LogP contribution in [-0.2, 0) is 9.59 Å². The van der Waals surface area contributed by atoms with Crippen molar-refractivity contribution in [2.45, 2.75) is 18.8 Å². The lowest BCUT2D eigenvalue weighted by Gasteiger charge is -2.51. The predicted octanol–water partition coefficient (Wildman–Crippen LogP) is 4.17. The quantitative estimate of drug-likeness (QED) is 0.645. The standard InChI is InChI=1S/C26H19NO4/c1-26-21-18-11-4-2-9-16(18)20(17-10-3-5-12-19(17)21)22(26)23(28)27(25(26)31)15-8-6-7-14(13-15)24(29)30/h2-13,20-22H,1H3,(H,29,30)/t20?,21?,22-,26+/m1/s1. The highest BCUT2D eigenvalue weighted by Gasteiger charge is 2.68. The van der Waals surface area contributed by atoms with Crippen molar-refractivity contribution in [3.05, 3.63) is 101 Å². The molecule has 0 aromatic heterocycles. The van der Waals surface area contributed by atoms with Crippen LogP contribution in [0.25, 0.3) is 0 Å². The Bertz CT molecular complexity index is 1260. The molecule has 5 heteroatoms. The number of amides is 2. The van der Waals surface area contributed by atoms with Gasteiger partial charge >= 0.3 is 5.97 Å². The molecule has 1 heterocycles. The van der Waals surface area contributed by atoms with Gasteiger partial charge in [-0.15, -0.1) is 0 Å². The third-order valence-electron chi connectivity index (χ3n) is 7.36. The van der Waals surface area contributed by atoms with E-state index in [1.165, 1.54) is 17.0 Å². The van der Waals surface area contributed by atoms with Crippen LogP contribution in [0, 0.1) is 11.3 Å². The summed E-state index contributed by atoms with van der Waals surface area (Å²) in [6, 6.07) is 22.2. The molecule has 1 aliphatic heterocycles. The van der Waals surface area contributed by atoms with E-state index >= 15 is 0 Å². The Morgan fingerprint density at radius 3 is 2.03 bits per heavy atom. The molecule has 3 aliphatic carbocycles. The van der Waals surface area contributed by atoms with Crippen molar-refractivity contribution in [1.82, 2.24) is 0 Å². The van der Waals surface area contributed by atoms with Gasteiger partial charge in [-0.3, -0.25) is 9.59 Å². The lowest BCUT2D eigenvalue weighted by molar-refractivity contribution is -0.128. The summed E-state index contributed by atoms with van der Waals surface area (Å²) >= 11 is 0. The Kier molecular flexibility index (Phi) is 3.45. The van der Waals surface area contributed by atoms with Crippen molar-refractivity contribution in [3.63, 3.8) is 0 Å². The van der Waals surface area contributed by atoms with Crippen LogP contribution in [0.1, 0.15) is 51.4 Å². The molecule has 0 radical (unpaired) electrons. The van der Waals surface area contributed by atoms with Crippen molar-refractivity contribution in [2.75, 3.05) is 4.90 Å². The van der Waals surface area contributed by atoms with E-state index in [2.05, 4.69) is 24.3 Å². The summed E-state index contributed by atoms with van der Waals surface area (Å²) in [6.45, 7) is 1.91. The number of carboxylic acid groups (broad SMARTS) is 1. The normalized spacial score (nSPS) is 27.6. The Hall–Kier alpha value is -3.73. The van der Waals surface area contributed by atoms with Crippen molar-refractivity contribution < 1.29 is 19.5 Å². The number of anilines is 1. The number of benzene rings is 3. The molecule has 4 aliphatic rings. The van der Waals surface area contributed by atoms with E-state index in [1.54, 1.807) is 12.1 Å². The lowest BCUT2D eigenvalue weighted by Crippen LogP contribution is -2.49. The Balaban J connectivity index is 1.59. The number of hydrogen-bond acceptors (Lipinski definition) is 3. The molecule has 152 valence electrons. The molecule has 1 N–H and O–H groups in total. The van der Waals surface area contributed by atoms with Gasteiger partial charge in [0.15, 0.2) is 0 Å². The maximum absolute atomic E-state index is 13.9. The van der Waals surface area contributed by atoms with E-state index in [1.807, 2.05) is 31.2 Å². The molecular formula is C26H19NO4. The van der Waals surface area contributed by atoms with E-state index in [4.69, 9.17) is 0 Å². The number of nitrogens with zero attached hydrogens (tertiary/aromatic N) is 1. The molecule has 31 heavy (non-hydrogen) atoms. The average molecular weight is 409 g/mol. The Labute approximate surface area is 178 Å². The molecule has 0 unspecified atom stereocenters. The van der Waals surface area contributed by atoms with Gasteiger partial charge in [0, 0.05) is 11.8 Å². The summed E-state index contributed by atoms with van der Waals surface area (Å²) < 4.78 is 0.